The highest BCUT2D eigenvalue weighted by Gasteiger charge is 2.30. The van der Waals surface area contributed by atoms with Gasteiger partial charge in [0.1, 0.15) is 5.82 Å². The van der Waals surface area contributed by atoms with Crippen LogP contribution in [0.3, 0.4) is 0 Å². The van der Waals surface area contributed by atoms with Crippen LogP contribution in [0.5, 0.6) is 0 Å². The molecule has 3 nitrogen and oxygen atoms in total. The third-order valence-corrected chi connectivity index (χ3v) is 2.95. The van der Waals surface area contributed by atoms with Crippen molar-refractivity contribution in [3.05, 3.63) is 23.5 Å². The van der Waals surface area contributed by atoms with Crippen LogP contribution in [0, 0.1) is 12.7 Å². The molecule has 17 heavy (non-hydrogen) atoms. The molecule has 0 aliphatic carbocycles. The fourth-order valence-electron chi connectivity index (χ4n) is 2.01. The molecule has 0 aromatic heterocycles. The number of rotatable bonds is 0. The molecule has 1 aliphatic heterocycles. The summed E-state index contributed by atoms with van der Waals surface area (Å²) >= 11 is 0. The van der Waals surface area contributed by atoms with Gasteiger partial charge in [-0.15, -0.1) is 0 Å². The normalized spacial score (nSPS) is 15.6. The van der Waals surface area contributed by atoms with E-state index in [-0.39, 0.29) is 17.3 Å². The van der Waals surface area contributed by atoms with Crippen molar-refractivity contribution in [2.45, 2.75) is 33.2 Å². The van der Waals surface area contributed by atoms with Crippen molar-refractivity contribution in [3.63, 3.8) is 0 Å². The number of carbonyl (C=O) groups excluding carboxylic acids is 1. The first kappa shape index (κ1) is 11.9. The van der Waals surface area contributed by atoms with Gasteiger partial charge < -0.3 is 10.2 Å². The van der Waals surface area contributed by atoms with E-state index in [4.69, 9.17) is 0 Å². The summed E-state index contributed by atoms with van der Waals surface area (Å²) < 4.78 is 13.5. The van der Waals surface area contributed by atoms with E-state index >= 15 is 0 Å². The average molecular weight is 236 g/mol. The van der Waals surface area contributed by atoms with E-state index in [1.54, 1.807) is 13.0 Å². The van der Waals surface area contributed by atoms with Crippen molar-refractivity contribution in [3.8, 4) is 0 Å². The van der Waals surface area contributed by atoms with E-state index in [1.807, 2.05) is 25.7 Å². The SMILES string of the molecule is Cc1cc2c(cc1F)NC(=O)CN2C(C)(C)C. The standard InChI is InChI=1S/C13H17FN2O/c1-8-5-11-10(6-9(8)14)15-12(17)7-16(11)13(2,3)4/h5-6H,7H2,1-4H3,(H,15,17). The summed E-state index contributed by atoms with van der Waals surface area (Å²) in [5.41, 5.74) is 1.86. The molecule has 1 aromatic carbocycles. The lowest BCUT2D eigenvalue weighted by Crippen LogP contribution is -2.49. The second kappa shape index (κ2) is 3.72. The van der Waals surface area contributed by atoms with Crippen LogP contribution in [0.25, 0.3) is 0 Å². The summed E-state index contributed by atoms with van der Waals surface area (Å²) in [6.45, 7) is 8.14. The number of amides is 1. The lowest BCUT2D eigenvalue weighted by Gasteiger charge is -2.41. The monoisotopic (exact) mass is 236 g/mol. The smallest absolute Gasteiger partial charge is 0.243 e. The van der Waals surface area contributed by atoms with Crippen molar-refractivity contribution in [1.82, 2.24) is 0 Å². The summed E-state index contributed by atoms with van der Waals surface area (Å²) in [7, 11) is 0. The summed E-state index contributed by atoms with van der Waals surface area (Å²) in [6, 6.07) is 3.18. The van der Waals surface area contributed by atoms with Gasteiger partial charge in [-0.05, 0) is 45.4 Å². The van der Waals surface area contributed by atoms with E-state index in [9.17, 15) is 9.18 Å². The summed E-state index contributed by atoms with van der Waals surface area (Å²) in [5.74, 6) is -0.393. The van der Waals surface area contributed by atoms with Crippen molar-refractivity contribution >= 4 is 17.3 Å². The first-order valence-corrected chi connectivity index (χ1v) is 5.66. The molecule has 1 heterocycles. The van der Waals surface area contributed by atoms with Gasteiger partial charge in [0, 0.05) is 5.54 Å². The minimum absolute atomic E-state index is 0.101. The molecular weight excluding hydrogens is 219 g/mol. The number of aryl methyl sites for hydroxylation is 1. The van der Waals surface area contributed by atoms with Gasteiger partial charge in [0.2, 0.25) is 5.91 Å². The molecule has 0 fully saturated rings. The van der Waals surface area contributed by atoms with Gasteiger partial charge in [-0.2, -0.15) is 0 Å². The molecule has 0 saturated heterocycles. The van der Waals surface area contributed by atoms with Crippen molar-refractivity contribution < 1.29 is 9.18 Å². The first-order valence-electron chi connectivity index (χ1n) is 5.66. The zero-order chi connectivity index (χ0) is 12.8. The van der Waals surface area contributed by atoms with E-state index in [0.29, 0.717) is 17.8 Å². The number of fused-ring (bicyclic) bond motifs is 1. The Bertz CT molecular complexity index is 477. The topological polar surface area (TPSA) is 32.3 Å². The number of hydrogen-bond acceptors (Lipinski definition) is 2. The maximum absolute atomic E-state index is 13.5. The van der Waals surface area contributed by atoms with Crippen molar-refractivity contribution in [2.75, 3.05) is 16.8 Å². The number of anilines is 2. The third kappa shape index (κ3) is 2.12. The number of benzene rings is 1. The Balaban J connectivity index is 2.56. The molecule has 0 radical (unpaired) electrons. The fourth-order valence-corrected chi connectivity index (χ4v) is 2.01. The number of nitrogens with one attached hydrogen (secondary N) is 1. The number of nitrogens with zero attached hydrogens (tertiary/aromatic N) is 1. The van der Waals surface area contributed by atoms with Gasteiger partial charge in [-0.25, -0.2) is 4.39 Å². The highest BCUT2D eigenvalue weighted by atomic mass is 19.1. The molecule has 1 aliphatic rings. The van der Waals surface area contributed by atoms with Crippen LogP contribution >= 0.6 is 0 Å². The van der Waals surface area contributed by atoms with Crippen LogP contribution < -0.4 is 10.2 Å². The van der Waals surface area contributed by atoms with Gasteiger partial charge in [0.15, 0.2) is 0 Å². The quantitative estimate of drug-likeness (QED) is 0.751. The maximum Gasteiger partial charge on any atom is 0.243 e. The minimum Gasteiger partial charge on any atom is -0.356 e. The molecule has 0 atom stereocenters. The van der Waals surface area contributed by atoms with Crippen molar-refractivity contribution in [2.24, 2.45) is 0 Å². The predicted octanol–water partition coefficient (Wildman–Crippen LogP) is 2.69. The second-order valence-electron chi connectivity index (χ2n) is 5.42. The largest absolute Gasteiger partial charge is 0.356 e. The Morgan fingerprint density at radius 3 is 2.59 bits per heavy atom. The molecule has 2 rings (SSSR count). The molecular formula is C13H17FN2O. The Labute approximate surface area is 101 Å². The van der Waals surface area contributed by atoms with Gasteiger partial charge >= 0.3 is 0 Å². The van der Waals surface area contributed by atoms with Crippen LogP contribution in [0.4, 0.5) is 15.8 Å². The van der Waals surface area contributed by atoms with E-state index in [2.05, 4.69) is 5.32 Å². The first-order chi connectivity index (χ1) is 7.79. The van der Waals surface area contributed by atoms with Crippen LogP contribution in [-0.2, 0) is 4.79 Å². The zero-order valence-corrected chi connectivity index (χ0v) is 10.6. The van der Waals surface area contributed by atoms with Gasteiger partial charge in [-0.3, -0.25) is 4.79 Å². The summed E-state index contributed by atoms with van der Waals surface area (Å²) in [4.78, 5) is 13.6. The van der Waals surface area contributed by atoms with Gasteiger partial charge in [-0.1, -0.05) is 0 Å². The summed E-state index contributed by atoms with van der Waals surface area (Å²) in [5, 5.41) is 2.71. The molecule has 0 spiro atoms. The molecule has 1 aromatic rings. The summed E-state index contributed by atoms with van der Waals surface area (Å²) in [6.07, 6.45) is 0. The molecule has 92 valence electrons. The highest BCUT2D eigenvalue weighted by Crippen LogP contribution is 2.35. The molecule has 4 heteroatoms. The highest BCUT2D eigenvalue weighted by molar-refractivity contribution is 6.01. The molecule has 1 amide bonds. The Morgan fingerprint density at radius 2 is 2.00 bits per heavy atom. The van der Waals surface area contributed by atoms with Crippen LogP contribution in [0.15, 0.2) is 12.1 Å². The number of hydrogen-bond donors (Lipinski definition) is 1. The Kier molecular flexibility index (Phi) is 2.60. The lowest BCUT2D eigenvalue weighted by molar-refractivity contribution is -0.115. The number of carbonyl (C=O) groups is 1. The Hall–Kier alpha value is -1.58. The van der Waals surface area contributed by atoms with E-state index in [0.717, 1.165) is 5.69 Å². The van der Waals surface area contributed by atoms with Gasteiger partial charge in [0.25, 0.3) is 0 Å². The maximum atomic E-state index is 13.5. The average Bonchev–Trinajstić information content (AvgIpc) is 2.18. The van der Waals surface area contributed by atoms with E-state index in [1.165, 1.54) is 6.07 Å². The van der Waals surface area contributed by atoms with E-state index < -0.39 is 0 Å². The van der Waals surface area contributed by atoms with Crippen LogP contribution in [0.1, 0.15) is 26.3 Å². The van der Waals surface area contributed by atoms with Crippen LogP contribution in [0.2, 0.25) is 0 Å². The molecule has 0 saturated carbocycles. The molecule has 0 unspecified atom stereocenters. The van der Waals surface area contributed by atoms with Gasteiger partial charge in [0.05, 0.1) is 17.9 Å². The fraction of sp³-hybridized carbons (Fsp3) is 0.462. The molecule has 1 N–H and O–H groups in total. The minimum atomic E-state index is -0.292. The van der Waals surface area contributed by atoms with Crippen molar-refractivity contribution in [1.29, 1.82) is 0 Å². The number of halogens is 1. The second-order valence-corrected chi connectivity index (χ2v) is 5.42. The Morgan fingerprint density at radius 1 is 1.35 bits per heavy atom. The lowest BCUT2D eigenvalue weighted by atomic mass is 10.0. The van der Waals surface area contributed by atoms with Crippen LogP contribution in [-0.4, -0.2) is 18.0 Å². The zero-order valence-electron chi connectivity index (χ0n) is 10.6. The third-order valence-electron chi connectivity index (χ3n) is 2.95. The molecule has 0 bridgehead atoms. The predicted molar refractivity (Wildman–Crippen MR) is 66.9 cm³/mol.